The average Bonchev–Trinajstić information content (AvgIpc) is 3.53. The van der Waals surface area contributed by atoms with Crippen molar-refractivity contribution in [3.05, 3.63) is 95.1 Å². The maximum Gasteiger partial charge on any atom is 0.407 e. The number of piperazine rings is 1. The Kier molecular flexibility index (Phi) is 10.5. The first kappa shape index (κ1) is 34.5. The van der Waals surface area contributed by atoms with Gasteiger partial charge < -0.3 is 35.8 Å². The zero-order valence-electron chi connectivity index (χ0n) is 28.1. The molecule has 0 bridgehead atoms. The number of carbonyl (C=O) groups excluding carboxylic acids is 1. The minimum atomic E-state index is -0.902. The van der Waals surface area contributed by atoms with Crippen molar-refractivity contribution in [2.45, 2.75) is 25.6 Å². The van der Waals surface area contributed by atoms with Gasteiger partial charge in [0.1, 0.15) is 17.7 Å². The summed E-state index contributed by atoms with van der Waals surface area (Å²) in [5, 5.41) is 28.1. The van der Waals surface area contributed by atoms with E-state index in [1.54, 1.807) is 32.3 Å². The number of carbonyl (C=O) groups is 2. The molecule has 51 heavy (non-hydrogen) atoms. The Bertz CT molecular complexity index is 2060. The van der Waals surface area contributed by atoms with Crippen LogP contribution in [0.15, 0.2) is 66.7 Å². The quantitative estimate of drug-likeness (QED) is 0.126. The Labute approximate surface area is 293 Å². The third-order valence-electron chi connectivity index (χ3n) is 8.34. The highest BCUT2D eigenvalue weighted by molar-refractivity contribution is 5.84. The SMILES string of the molecule is CN(C)C(=O)[C@H](Cc1ccc(C#N)cc1)Nc1nc(NCc2nc3ccc(F)cc3[nH]2)nc(Nc2cccc(CN3CCN(C(=O)O)CC3)c2)n1. The van der Waals surface area contributed by atoms with Gasteiger partial charge in [-0.2, -0.15) is 20.2 Å². The Morgan fingerprint density at radius 1 is 0.961 bits per heavy atom. The summed E-state index contributed by atoms with van der Waals surface area (Å²) in [6.45, 7) is 3.02. The van der Waals surface area contributed by atoms with E-state index < -0.39 is 12.1 Å². The second-order valence-electron chi connectivity index (χ2n) is 12.3. The molecule has 0 aliphatic carbocycles. The number of fused-ring (bicyclic) bond motifs is 1. The molecule has 5 N–H and O–H groups in total. The van der Waals surface area contributed by atoms with E-state index in [9.17, 15) is 24.3 Å². The standard InChI is InChI=1S/C35H37FN12O3/c1-46(2)31(49)29(17-22-6-8-23(19-37)9-7-22)42-34-44-32(38-20-30-40-27-11-10-25(36)18-28(27)41-30)43-33(45-34)39-26-5-3-4-24(16-26)21-47-12-14-48(15-13-47)35(50)51/h3-11,16,18,29H,12-15,17,20-21H2,1-2H3,(H,40,41)(H,50,51)(H3,38,39,42,43,44,45)/t29-/m0/s1. The molecule has 16 heteroatoms. The maximum absolute atomic E-state index is 13.8. The van der Waals surface area contributed by atoms with Gasteiger partial charge in [0, 0.05) is 58.9 Å². The van der Waals surface area contributed by atoms with Crippen molar-refractivity contribution >= 4 is 46.6 Å². The van der Waals surface area contributed by atoms with Gasteiger partial charge in [0.15, 0.2) is 0 Å². The van der Waals surface area contributed by atoms with E-state index in [1.807, 2.05) is 36.4 Å². The first-order valence-corrected chi connectivity index (χ1v) is 16.3. The zero-order chi connectivity index (χ0) is 35.9. The monoisotopic (exact) mass is 692 g/mol. The van der Waals surface area contributed by atoms with Gasteiger partial charge in [-0.3, -0.25) is 9.69 Å². The Morgan fingerprint density at radius 2 is 1.71 bits per heavy atom. The van der Waals surface area contributed by atoms with Crippen LogP contribution in [0.4, 0.5) is 32.7 Å². The largest absolute Gasteiger partial charge is 0.465 e. The highest BCUT2D eigenvalue weighted by atomic mass is 19.1. The number of amides is 2. The molecule has 5 aromatic rings. The molecule has 262 valence electrons. The maximum atomic E-state index is 13.8. The van der Waals surface area contributed by atoms with Gasteiger partial charge in [-0.05, 0) is 53.6 Å². The first-order chi connectivity index (χ1) is 24.6. The molecule has 1 atom stereocenters. The molecule has 1 fully saturated rings. The number of carboxylic acid groups (broad SMARTS) is 1. The average molecular weight is 693 g/mol. The Hall–Kier alpha value is -6.34. The van der Waals surface area contributed by atoms with Crippen LogP contribution < -0.4 is 16.0 Å². The number of H-pyrrole nitrogens is 1. The molecule has 1 saturated heterocycles. The number of rotatable bonds is 12. The molecule has 2 aromatic heterocycles. The lowest BCUT2D eigenvalue weighted by atomic mass is 10.0. The van der Waals surface area contributed by atoms with Crippen LogP contribution in [0.25, 0.3) is 11.0 Å². The number of imidazole rings is 1. The normalized spacial score (nSPS) is 13.7. The van der Waals surface area contributed by atoms with Crippen LogP contribution in [0, 0.1) is 17.1 Å². The van der Waals surface area contributed by atoms with E-state index in [0.29, 0.717) is 61.6 Å². The van der Waals surface area contributed by atoms with E-state index >= 15 is 0 Å². The van der Waals surface area contributed by atoms with E-state index in [1.165, 1.54) is 21.9 Å². The predicted octanol–water partition coefficient (Wildman–Crippen LogP) is 4.02. The van der Waals surface area contributed by atoms with Gasteiger partial charge in [-0.1, -0.05) is 24.3 Å². The number of hydrogen-bond acceptors (Lipinski definition) is 11. The van der Waals surface area contributed by atoms with Crippen molar-refractivity contribution in [2.24, 2.45) is 0 Å². The number of nitrogens with zero attached hydrogens (tertiary/aromatic N) is 8. The second-order valence-corrected chi connectivity index (χ2v) is 12.3. The van der Waals surface area contributed by atoms with Crippen molar-refractivity contribution in [1.82, 2.24) is 39.6 Å². The summed E-state index contributed by atoms with van der Waals surface area (Å²) in [7, 11) is 3.34. The van der Waals surface area contributed by atoms with Crippen LogP contribution >= 0.6 is 0 Å². The van der Waals surface area contributed by atoms with Crippen LogP contribution in [-0.4, -0.2) is 103 Å². The van der Waals surface area contributed by atoms with Gasteiger partial charge in [-0.25, -0.2) is 14.2 Å². The molecule has 0 saturated carbocycles. The predicted molar refractivity (Wildman–Crippen MR) is 189 cm³/mol. The number of aromatic nitrogens is 5. The molecule has 3 aromatic carbocycles. The molecule has 3 heterocycles. The molecule has 0 unspecified atom stereocenters. The molecule has 0 radical (unpaired) electrons. The van der Waals surface area contributed by atoms with Crippen LogP contribution in [0.1, 0.15) is 22.5 Å². The minimum absolute atomic E-state index is 0.142. The van der Waals surface area contributed by atoms with Crippen molar-refractivity contribution in [1.29, 1.82) is 5.26 Å². The van der Waals surface area contributed by atoms with E-state index in [2.05, 4.69) is 51.8 Å². The van der Waals surface area contributed by atoms with Crippen LogP contribution in [0.5, 0.6) is 0 Å². The van der Waals surface area contributed by atoms with Crippen LogP contribution in [0.2, 0.25) is 0 Å². The Balaban J connectivity index is 1.24. The van der Waals surface area contributed by atoms with Gasteiger partial charge in [0.2, 0.25) is 23.8 Å². The second kappa shape index (κ2) is 15.5. The minimum Gasteiger partial charge on any atom is -0.465 e. The fourth-order valence-electron chi connectivity index (χ4n) is 5.71. The number of anilines is 4. The highest BCUT2D eigenvalue weighted by Crippen LogP contribution is 2.21. The topological polar surface area (TPSA) is 191 Å². The van der Waals surface area contributed by atoms with Gasteiger partial charge >= 0.3 is 6.09 Å². The number of nitriles is 1. The van der Waals surface area contributed by atoms with Gasteiger partial charge in [0.25, 0.3) is 0 Å². The number of hydrogen-bond donors (Lipinski definition) is 5. The molecule has 0 spiro atoms. The fourth-order valence-corrected chi connectivity index (χ4v) is 5.71. The van der Waals surface area contributed by atoms with Gasteiger partial charge in [0.05, 0.1) is 29.2 Å². The van der Waals surface area contributed by atoms with E-state index in [4.69, 9.17) is 0 Å². The summed E-state index contributed by atoms with van der Waals surface area (Å²) in [4.78, 5) is 51.1. The summed E-state index contributed by atoms with van der Waals surface area (Å²) in [5.74, 6) is 0.519. The molecule has 15 nitrogen and oxygen atoms in total. The highest BCUT2D eigenvalue weighted by Gasteiger charge is 2.23. The summed E-state index contributed by atoms with van der Waals surface area (Å²) in [5.41, 5.74) is 4.28. The van der Waals surface area contributed by atoms with Crippen molar-refractivity contribution in [2.75, 3.05) is 56.2 Å². The molecule has 1 aliphatic heterocycles. The smallest absolute Gasteiger partial charge is 0.407 e. The van der Waals surface area contributed by atoms with Crippen molar-refractivity contribution < 1.29 is 19.1 Å². The lowest BCUT2D eigenvalue weighted by Gasteiger charge is -2.33. The van der Waals surface area contributed by atoms with Gasteiger partial charge in [-0.15, -0.1) is 0 Å². The molecule has 6 rings (SSSR count). The summed E-state index contributed by atoms with van der Waals surface area (Å²) < 4.78 is 13.8. The lowest BCUT2D eigenvalue weighted by Crippen LogP contribution is -2.47. The fraction of sp³-hybridized carbons (Fsp3) is 0.286. The first-order valence-electron chi connectivity index (χ1n) is 16.3. The number of aromatic amines is 1. The van der Waals surface area contributed by atoms with E-state index in [0.717, 1.165) is 16.8 Å². The number of nitrogens with one attached hydrogen (secondary N) is 4. The third-order valence-corrected chi connectivity index (χ3v) is 8.34. The van der Waals surface area contributed by atoms with Crippen molar-refractivity contribution in [3.8, 4) is 6.07 Å². The molecule has 1 aliphatic rings. The number of halogens is 1. The molecular weight excluding hydrogens is 655 g/mol. The van der Waals surface area contributed by atoms with Crippen LogP contribution in [0.3, 0.4) is 0 Å². The van der Waals surface area contributed by atoms with Crippen molar-refractivity contribution in [3.63, 3.8) is 0 Å². The summed E-state index contributed by atoms with van der Waals surface area (Å²) >= 11 is 0. The van der Waals surface area contributed by atoms with E-state index in [-0.39, 0.29) is 36.1 Å². The molecule has 2 amide bonds. The summed E-state index contributed by atoms with van der Waals surface area (Å²) in [6.07, 6.45) is -0.598. The third kappa shape index (κ3) is 9.02. The zero-order valence-corrected chi connectivity index (χ0v) is 28.1. The lowest BCUT2D eigenvalue weighted by molar-refractivity contribution is -0.129. The number of likely N-dealkylation sites (N-methyl/N-ethyl adjacent to an activating group) is 1. The molecular formula is C35H37FN12O3. The summed E-state index contributed by atoms with van der Waals surface area (Å²) in [6, 6.07) is 20.5. The number of benzene rings is 3. The van der Waals surface area contributed by atoms with Crippen LogP contribution in [-0.2, 0) is 24.3 Å². The Morgan fingerprint density at radius 3 is 2.43 bits per heavy atom.